The van der Waals surface area contributed by atoms with Crippen LogP contribution in [0.1, 0.15) is 13.8 Å². The topological polar surface area (TPSA) is 25.4 Å². The van der Waals surface area contributed by atoms with Crippen LogP contribution in [0.15, 0.2) is 18.3 Å². The quantitative estimate of drug-likeness (QED) is 0.725. The lowest BCUT2D eigenvalue weighted by molar-refractivity contribution is 0.411. The average Bonchev–Trinajstić information content (AvgIpc) is 2.25. The molecule has 84 valence electrons. The van der Waals surface area contributed by atoms with Crippen molar-refractivity contribution in [2.45, 2.75) is 19.9 Å². The molecule has 1 aromatic heterocycles. The summed E-state index contributed by atoms with van der Waals surface area (Å²) in [5.41, 5.74) is 0. The molecule has 0 saturated carbocycles. The number of pyridine rings is 1. The maximum Gasteiger partial charge on any atom is 0.171 e. The summed E-state index contributed by atoms with van der Waals surface area (Å²) in [5.74, 6) is 2.23. The highest BCUT2D eigenvalue weighted by Gasteiger charge is 2.15. The Morgan fingerprint density at radius 2 is 2.27 bits per heavy atom. The van der Waals surface area contributed by atoms with E-state index in [2.05, 4.69) is 23.7 Å². The second-order valence-electron chi connectivity index (χ2n) is 3.51. The van der Waals surface area contributed by atoms with Crippen molar-refractivity contribution in [3.63, 3.8) is 0 Å². The molecule has 0 N–H and O–H groups in total. The Bertz CT molecular complexity index is 304. The molecule has 0 atom stereocenters. The van der Waals surface area contributed by atoms with Crippen molar-refractivity contribution in [1.29, 1.82) is 0 Å². The molecule has 0 saturated heterocycles. The minimum atomic E-state index is 0.354. The van der Waals surface area contributed by atoms with Crippen LogP contribution in [0.3, 0.4) is 0 Å². The zero-order valence-electron chi connectivity index (χ0n) is 9.40. The van der Waals surface area contributed by atoms with Crippen LogP contribution in [0.2, 0.25) is 0 Å². The maximum absolute atomic E-state index is 5.78. The van der Waals surface area contributed by atoms with Crippen molar-refractivity contribution in [2.75, 3.05) is 24.4 Å². The molecule has 0 aromatic carbocycles. The standard InChI is InChI=1S/C11H17ClN2O/c1-9(2)14(8-6-12)11-10(15-3)5-4-7-13-11/h4-5,7,9H,6,8H2,1-3H3. The molecule has 0 amide bonds. The van der Waals surface area contributed by atoms with Gasteiger partial charge in [0.15, 0.2) is 11.6 Å². The van der Waals surface area contributed by atoms with Gasteiger partial charge in [0.1, 0.15) is 0 Å². The highest BCUT2D eigenvalue weighted by molar-refractivity contribution is 6.18. The Kier molecular flexibility index (Phi) is 4.69. The van der Waals surface area contributed by atoms with Crippen LogP contribution in [-0.2, 0) is 0 Å². The summed E-state index contributed by atoms with van der Waals surface area (Å²) in [7, 11) is 1.65. The molecule has 0 aliphatic rings. The van der Waals surface area contributed by atoms with Gasteiger partial charge in [-0.05, 0) is 26.0 Å². The molecule has 0 unspecified atom stereocenters. The van der Waals surface area contributed by atoms with Crippen LogP contribution in [0, 0.1) is 0 Å². The van der Waals surface area contributed by atoms with E-state index in [1.807, 2.05) is 12.1 Å². The number of ether oxygens (including phenoxy) is 1. The SMILES string of the molecule is COc1cccnc1N(CCCl)C(C)C. The first-order valence-corrected chi connectivity index (χ1v) is 5.55. The molecule has 1 rings (SSSR count). The summed E-state index contributed by atoms with van der Waals surface area (Å²) < 4.78 is 5.28. The lowest BCUT2D eigenvalue weighted by Gasteiger charge is -2.28. The third-order valence-electron chi connectivity index (χ3n) is 2.19. The molecule has 0 spiro atoms. The van der Waals surface area contributed by atoms with Gasteiger partial charge in [0, 0.05) is 24.7 Å². The Balaban J connectivity index is 2.98. The number of hydrogen-bond acceptors (Lipinski definition) is 3. The first-order valence-electron chi connectivity index (χ1n) is 5.02. The third-order valence-corrected chi connectivity index (χ3v) is 2.36. The van der Waals surface area contributed by atoms with Gasteiger partial charge in [0.2, 0.25) is 0 Å². The van der Waals surface area contributed by atoms with Gasteiger partial charge in [0.05, 0.1) is 7.11 Å². The van der Waals surface area contributed by atoms with Crippen molar-refractivity contribution in [3.05, 3.63) is 18.3 Å². The van der Waals surface area contributed by atoms with Crippen LogP contribution >= 0.6 is 11.6 Å². The Morgan fingerprint density at radius 3 is 2.80 bits per heavy atom. The van der Waals surface area contributed by atoms with Gasteiger partial charge in [-0.25, -0.2) is 4.98 Å². The molecule has 0 fully saturated rings. The predicted octanol–water partition coefficient (Wildman–Crippen LogP) is 2.54. The van der Waals surface area contributed by atoms with Gasteiger partial charge >= 0.3 is 0 Å². The number of rotatable bonds is 5. The van der Waals surface area contributed by atoms with Crippen LogP contribution in [0.5, 0.6) is 5.75 Å². The van der Waals surface area contributed by atoms with Crippen LogP contribution in [0.25, 0.3) is 0 Å². The number of anilines is 1. The minimum absolute atomic E-state index is 0.354. The number of methoxy groups -OCH3 is 1. The van der Waals surface area contributed by atoms with Crippen molar-refractivity contribution in [1.82, 2.24) is 4.98 Å². The maximum atomic E-state index is 5.78. The Hall–Kier alpha value is -0.960. The number of nitrogens with zero attached hydrogens (tertiary/aromatic N) is 2. The fraction of sp³-hybridized carbons (Fsp3) is 0.545. The zero-order chi connectivity index (χ0) is 11.3. The van der Waals surface area contributed by atoms with E-state index in [1.54, 1.807) is 13.3 Å². The fourth-order valence-corrected chi connectivity index (χ4v) is 1.64. The number of halogens is 1. The largest absolute Gasteiger partial charge is 0.493 e. The summed E-state index contributed by atoms with van der Waals surface area (Å²) in [4.78, 5) is 6.46. The molecular weight excluding hydrogens is 212 g/mol. The highest BCUT2D eigenvalue weighted by Crippen LogP contribution is 2.26. The first-order chi connectivity index (χ1) is 7.20. The van der Waals surface area contributed by atoms with Crippen molar-refractivity contribution in [2.24, 2.45) is 0 Å². The van der Waals surface area contributed by atoms with Crippen molar-refractivity contribution < 1.29 is 4.74 Å². The lowest BCUT2D eigenvalue weighted by atomic mass is 10.3. The van der Waals surface area contributed by atoms with E-state index < -0.39 is 0 Å². The Labute approximate surface area is 96.0 Å². The summed E-state index contributed by atoms with van der Waals surface area (Å²) in [6, 6.07) is 4.13. The highest BCUT2D eigenvalue weighted by atomic mass is 35.5. The third kappa shape index (κ3) is 2.99. The van der Waals surface area contributed by atoms with Crippen molar-refractivity contribution in [3.8, 4) is 5.75 Å². The number of alkyl halides is 1. The van der Waals surface area contributed by atoms with Crippen LogP contribution in [-0.4, -0.2) is 30.6 Å². The minimum Gasteiger partial charge on any atom is -0.493 e. The molecular formula is C11H17ClN2O. The van der Waals surface area contributed by atoms with Gasteiger partial charge in [-0.2, -0.15) is 0 Å². The molecule has 4 heteroatoms. The number of aromatic nitrogens is 1. The second kappa shape index (κ2) is 5.81. The monoisotopic (exact) mass is 228 g/mol. The van der Waals surface area contributed by atoms with E-state index in [4.69, 9.17) is 16.3 Å². The Morgan fingerprint density at radius 1 is 1.53 bits per heavy atom. The summed E-state index contributed by atoms with van der Waals surface area (Å²) >= 11 is 5.78. The average molecular weight is 229 g/mol. The van der Waals surface area contributed by atoms with Crippen molar-refractivity contribution >= 4 is 17.4 Å². The molecule has 0 radical (unpaired) electrons. The normalized spacial score (nSPS) is 10.5. The van der Waals surface area contributed by atoms with Crippen LogP contribution < -0.4 is 9.64 Å². The second-order valence-corrected chi connectivity index (χ2v) is 3.88. The van der Waals surface area contributed by atoms with E-state index in [-0.39, 0.29) is 0 Å². The van der Waals surface area contributed by atoms with Gasteiger partial charge in [-0.15, -0.1) is 11.6 Å². The predicted molar refractivity (Wildman–Crippen MR) is 64.0 cm³/mol. The molecule has 0 aliphatic heterocycles. The molecule has 0 aliphatic carbocycles. The molecule has 1 aromatic rings. The summed E-state index contributed by atoms with van der Waals surface area (Å²) in [5, 5.41) is 0. The lowest BCUT2D eigenvalue weighted by Crippen LogP contribution is -2.33. The van der Waals surface area contributed by atoms with Gasteiger partial charge in [0.25, 0.3) is 0 Å². The van der Waals surface area contributed by atoms with E-state index in [9.17, 15) is 0 Å². The molecule has 15 heavy (non-hydrogen) atoms. The van der Waals surface area contributed by atoms with E-state index in [0.29, 0.717) is 11.9 Å². The van der Waals surface area contributed by atoms with Crippen LogP contribution in [0.4, 0.5) is 5.82 Å². The zero-order valence-corrected chi connectivity index (χ0v) is 10.2. The summed E-state index contributed by atoms with van der Waals surface area (Å²) in [6.07, 6.45) is 1.77. The van der Waals surface area contributed by atoms with E-state index >= 15 is 0 Å². The first kappa shape index (κ1) is 12.1. The van der Waals surface area contributed by atoms with Gasteiger partial charge in [-0.1, -0.05) is 0 Å². The van der Waals surface area contributed by atoms with E-state index in [0.717, 1.165) is 18.1 Å². The van der Waals surface area contributed by atoms with E-state index in [1.165, 1.54) is 0 Å². The summed E-state index contributed by atoms with van der Waals surface area (Å²) in [6.45, 7) is 4.99. The molecule has 0 bridgehead atoms. The molecule has 1 heterocycles. The fourth-order valence-electron chi connectivity index (χ4n) is 1.46. The number of hydrogen-bond donors (Lipinski definition) is 0. The van der Waals surface area contributed by atoms with Gasteiger partial charge < -0.3 is 9.64 Å². The molecule has 3 nitrogen and oxygen atoms in total. The smallest absolute Gasteiger partial charge is 0.171 e. The van der Waals surface area contributed by atoms with Gasteiger partial charge in [-0.3, -0.25) is 0 Å².